The molecule has 2 N–H and O–H groups in total. The molecule has 1 aromatic rings. The zero-order chi connectivity index (χ0) is 19.2. The zero-order valence-corrected chi connectivity index (χ0v) is 16.7. The van der Waals surface area contributed by atoms with E-state index in [4.69, 9.17) is 4.99 Å². The average molecular weight is 361 g/mol. The standard InChI is InChI=1S/C20H36N6/c1-6-13-25(14-7-2)19(18(4)5)17-23-20(21-8-3)22-11-9-15-26-16-10-12-24-26/h6-7,10,12,16,18-19H,1-2,8-9,11,13-15,17H2,3-5H3,(H2,21,22,23). The molecule has 6 nitrogen and oxygen atoms in total. The molecule has 0 bridgehead atoms. The summed E-state index contributed by atoms with van der Waals surface area (Å²) in [7, 11) is 0. The number of hydrogen-bond acceptors (Lipinski definition) is 3. The molecule has 0 aliphatic rings. The molecule has 26 heavy (non-hydrogen) atoms. The van der Waals surface area contributed by atoms with E-state index in [9.17, 15) is 0 Å². The maximum absolute atomic E-state index is 4.82. The number of rotatable bonds is 13. The Bertz CT molecular complexity index is 510. The molecule has 1 atom stereocenters. The van der Waals surface area contributed by atoms with Crippen LogP contribution in [-0.4, -0.2) is 59.4 Å². The lowest BCUT2D eigenvalue weighted by molar-refractivity contribution is 0.195. The molecule has 1 aromatic heterocycles. The van der Waals surface area contributed by atoms with Crippen molar-refractivity contribution in [2.45, 2.75) is 39.8 Å². The highest BCUT2D eigenvalue weighted by Crippen LogP contribution is 2.11. The lowest BCUT2D eigenvalue weighted by atomic mass is 10.0. The summed E-state index contributed by atoms with van der Waals surface area (Å²) in [5.41, 5.74) is 0. The first kappa shape index (κ1) is 22.0. The van der Waals surface area contributed by atoms with Gasteiger partial charge >= 0.3 is 0 Å². The van der Waals surface area contributed by atoms with Crippen LogP contribution in [0.2, 0.25) is 0 Å². The van der Waals surface area contributed by atoms with Crippen LogP contribution in [0.3, 0.4) is 0 Å². The molecule has 6 heteroatoms. The van der Waals surface area contributed by atoms with Gasteiger partial charge in [-0.1, -0.05) is 26.0 Å². The van der Waals surface area contributed by atoms with Gasteiger partial charge in [0, 0.05) is 51.2 Å². The minimum absolute atomic E-state index is 0.352. The summed E-state index contributed by atoms with van der Waals surface area (Å²) < 4.78 is 1.95. The van der Waals surface area contributed by atoms with Gasteiger partial charge in [0.15, 0.2) is 5.96 Å². The maximum Gasteiger partial charge on any atom is 0.191 e. The quantitative estimate of drug-likeness (QED) is 0.246. The van der Waals surface area contributed by atoms with E-state index in [1.165, 1.54) is 0 Å². The molecule has 0 saturated carbocycles. The van der Waals surface area contributed by atoms with Gasteiger partial charge in [-0.25, -0.2) is 0 Å². The van der Waals surface area contributed by atoms with Crippen molar-refractivity contribution in [3.05, 3.63) is 43.8 Å². The normalized spacial score (nSPS) is 13.0. The fourth-order valence-corrected chi connectivity index (χ4v) is 2.83. The molecule has 0 aliphatic carbocycles. The maximum atomic E-state index is 4.82. The Hall–Kier alpha value is -2.08. The Morgan fingerprint density at radius 1 is 1.27 bits per heavy atom. The second kappa shape index (κ2) is 13.2. The molecular formula is C20H36N6. The summed E-state index contributed by atoms with van der Waals surface area (Å²) in [6.45, 7) is 19.4. The number of aliphatic imine (C=N–C) groups is 1. The minimum atomic E-state index is 0.352. The molecule has 1 unspecified atom stereocenters. The highest BCUT2D eigenvalue weighted by molar-refractivity contribution is 5.79. The fourth-order valence-electron chi connectivity index (χ4n) is 2.83. The Morgan fingerprint density at radius 3 is 2.54 bits per heavy atom. The molecule has 1 rings (SSSR count). The van der Waals surface area contributed by atoms with Crippen molar-refractivity contribution in [1.29, 1.82) is 0 Å². The molecule has 0 aliphatic heterocycles. The third-order valence-corrected chi connectivity index (χ3v) is 4.16. The van der Waals surface area contributed by atoms with E-state index in [-0.39, 0.29) is 0 Å². The highest BCUT2D eigenvalue weighted by atomic mass is 15.3. The summed E-state index contributed by atoms with van der Waals surface area (Å²) in [4.78, 5) is 7.19. The van der Waals surface area contributed by atoms with E-state index < -0.39 is 0 Å². The largest absolute Gasteiger partial charge is 0.357 e. The number of nitrogens with zero attached hydrogens (tertiary/aromatic N) is 4. The van der Waals surface area contributed by atoms with Crippen molar-refractivity contribution in [3.63, 3.8) is 0 Å². The monoisotopic (exact) mass is 360 g/mol. The van der Waals surface area contributed by atoms with E-state index in [0.717, 1.165) is 51.6 Å². The van der Waals surface area contributed by atoms with Gasteiger partial charge in [0.05, 0.1) is 6.54 Å². The Labute approximate surface area is 159 Å². The van der Waals surface area contributed by atoms with Crippen LogP contribution in [0.4, 0.5) is 0 Å². The van der Waals surface area contributed by atoms with Crippen molar-refractivity contribution < 1.29 is 0 Å². The number of aryl methyl sites for hydroxylation is 1. The molecule has 0 spiro atoms. The smallest absolute Gasteiger partial charge is 0.191 e. The summed E-state index contributed by atoms with van der Waals surface area (Å²) in [6, 6.07) is 2.30. The Morgan fingerprint density at radius 2 is 2.00 bits per heavy atom. The van der Waals surface area contributed by atoms with Gasteiger partial charge in [0.1, 0.15) is 0 Å². The first-order valence-corrected chi connectivity index (χ1v) is 9.57. The Balaban J connectivity index is 2.58. The second-order valence-electron chi connectivity index (χ2n) is 6.61. The van der Waals surface area contributed by atoms with Crippen LogP contribution in [0.5, 0.6) is 0 Å². The van der Waals surface area contributed by atoms with E-state index in [1.807, 2.05) is 35.3 Å². The van der Waals surface area contributed by atoms with Gasteiger partial charge < -0.3 is 10.6 Å². The van der Waals surface area contributed by atoms with Gasteiger partial charge in [0.25, 0.3) is 0 Å². The van der Waals surface area contributed by atoms with Gasteiger partial charge in [0.2, 0.25) is 0 Å². The number of hydrogen-bond donors (Lipinski definition) is 2. The van der Waals surface area contributed by atoms with E-state index in [0.29, 0.717) is 12.0 Å². The predicted octanol–water partition coefficient (Wildman–Crippen LogP) is 2.53. The summed E-state index contributed by atoms with van der Waals surface area (Å²) in [5, 5.41) is 11.0. The molecule has 0 fully saturated rings. The first-order chi connectivity index (χ1) is 12.6. The summed E-state index contributed by atoms with van der Waals surface area (Å²) >= 11 is 0. The van der Waals surface area contributed by atoms with Crippen LogP contribution < -0.4 is 10.6 Å². The van der Waals surface area contributed by atoms with Crippen molar-refractivity contribution in [2.24, 2.45) is 10.9 Å². The van der Waals surface area contributed by atoms with Gasteiger partial charge in [-0.2, -0.15) is 5.10 Å². The molecule has 0 amide bonds. The lowest BCUT2D eigenvalue weighted by Gasteiger charge is -2.32. The Kier molecular flexibility index (Phi) is 11.1. The molecule has 1 heterocycles. The molecule has 0 saturated heterocycles. The van der Waals surface area contributed by atoms with Crippen LogP contribution in [0, 0.1) is 5.92 Å². The minimum Gasteiger partial charge on any atom is -0.357 e. The lowest BCUT2D eigenvalue weighted by Crippen LogP contribution is -2.43. The van der Waals surface area contributed by atoms with Gasteiger partial charge in [-0.3, -0.25) is 14.6 Å². The van der Waals surface area contributed by atoms with Crippen LogP contribution in [-0.2, 0) is 6.54 Å². The first-order valence-electron chi connectivity index (χ1n) is 9.57. The SMILES string of the molecule is C=CCN(CC=C)C(CN=C(NCC)NCCCn1cccn1)C(C)C. The van der Waals surface area contributed by atoms with Crippen molar-refractivity contribution in [1.82, 2.24) is 25.3 Å². The van der Waals surface area contributed by atoms with E-state index >= 15 is 0 Å². The van der Waals surface area contributed by atoms with Crippen molar-refractivity contribution in [3.8, 4) is 0 Å². The predicted molar refractivity (Wildman–Crippen MR) is 111 cm³/mol. The number of nitrogens with one attached hydrogen (secondary N) is 2. The van der Waals surface area contributed by atoms with Crippen LogP contribution >= 0.6 is 0 Å². The fraction of sp³-hybridized carbons (Fsp3) is 0.600. The summed E-state index contributed by atoms with van der Waals surface area (Å²) in [6.07, 6.45) is 8.69. The second-order valence-corrected chi connectivity index (χ2v) is 6.61. The van der Waals surface area contributed by atoms with Crippen molar-refractivity contribution >= 4 is 5.96 Å². The average Bonchev–Trinajstić information content (AvgIpc) is 3.12. The van der Waals surface area contributed by atoms with Gasteiger partial charge in [-0.05, 0) is 25.3 Å². The number of aromatic nitrogens is 2. The zero-order valence-electron chi connectivity index (χ0n) is 16.7. The highest BCUT2D eigenvalue weighted by Gasteiger charge is 2.20. The van der Waals surface area contributed by atoms with E-state index in [2.05, 4.69) is 54.6 Å². The van der Waals surface area contributed by atoms with E-state index in [1.54, 1.807) is 0 Å². The van der Waals surface area contributed by atoms with Crippen LogP contribution in [0.1, 0.15) is 27.2 Å². The molecular weight excluding hydrogens is 324 g/mol. The van der Waals surface area contributed by atoms with Gasteiger partial charge in [-0.15, -0.1) is 13.2 Å². The third kappa shape index (κ3) is 8.34. The number of guanidine groups is 1. The molecule has 0 radical (unpaired) electrons. The van der Waals surface area contributed by atoms with Crippen LogP contribution in [0.25, 0.3) is 0 Å². The molecule has 0 aromatic carbocycles. The third-order valence-electron chi connectivity index (χ3n) is 4.16. The topological polar surface area (TPSA) is 57.5 Å². The summed E-state index contributed by atoms with van der Waals surface area (Å²) in [5.74, 6) is 1.37. The molecule has 146 valence electrons. The van der Waals surface area contributed by atoms with Crippen LogP contribution in [0.15, 0.2) is 48.8 Å². The van der Waals surface area contributed by atoms with Crippen molar-refractivity contribution in [2.75, 3.05) is 32.7 Å².